The molecule has 1 heterocycles. The highest BCUT2D eigenvalue weighted by Crippen LogP contribution is 2.32. The van der Waals surface area contributed by atoms with Gasteiger partial charge in [0.15, 0.2) is 15.6 Å². The van der Waals surface area contributed by atoms with Crippen molar-refractivity contribution in [1.29, 1.82) is 0 Å². The first-order valence-corrected chi connectivity index (χ1v) is 10.9. The predicted molar refractivity (Wildman–Crippen MR) is 109 cm³/mol. The first-order chi connectivity index (χ1) is 12.7. The van der Waals surface area contributed by atoms with Gasteiger partial charge in [-0.25, -0.2) is 8.42 Å². The molecule has 1 aliphatic carbocycles. The van der Waals surface area contributed by atoms with Crippen molar-refractivity contribution < 1.29 is 8.42 Å². The summed E-state index contributed by atoms with van der Waals surface area (Å²) in [5.74, 6) is -0.106. The number of benzene rings is 1. The van der Waals surface area contributed by atoms with Crippen LogP contribution in [0.4, 0.5) is 5.69 Å². The second-order valence-corrected chi connectivity index (χ2v) is 10.1. The molecule has 1 aromatic rings. The lowest BCUT2D eigenvalue weighted by atomic mass is 9.82. The minimum Gasteiger partial charge on any atom is -0.341 e. The third-order valence-electron chi connectivity index (χ3n) is 5.34. The number of rotatable bonds is 5. The molecule has 1 aromatic carbocycles. The Bertz CT molecular complexity index is 841. The van der Waals surface area contributed by atoms with E-state index in [1.54, 1.807) is 50.4 Å². The van der Waals surface area contributed by atoms with E-state index in [-0.39, 0.29) is 16.9 Å². The van der Waals surface area contributed by atoms with Crippen LogP contribution in [0.3, 0.4) is 0 Å². The molecular weight excluding hydrogens is 362 g/mol. The van der Waals surface area contributed by atoms with Crippen LogP contribution in [0.5, 0.6) is 0 Å². The summed E-state index contributed by atoms with van der Waals surface area (Å²) in [5.41, 5.74) is 13.1. The van der Waals surface area contributed by atoms with Gasteiger partial charge in [0.25, 0.3) is 0 Å². The molecule has 1 aliphatic heterocycles. The number of nitrogens with one attached hydrogen (secondary N) is 2. The number of anilines is 1. The highest BCUT2D eigenvalue weighted by Gasteiger charge is 2.38. The fraction of sp³-hybridized carbons (Fsp3) is 0.526. The molecule has 0 aromatic heterocycles. The summed E-state index contributed by atoms with van der Waals surface area (Å²) in [4.78, 5) is 4.74. The normalized spacial score (nSPS) is 28.6. The van der Waals surface area contributed by atoms with Crippen molar-refractivity contribution in [3.05, 3.63) is 36.2 Å². The van der Waals surface area contributed by atoms with E-state index in [2.05, 4.69) is 15.6 Å². The van der Waals surface area contributed by atoms with E-state index in [1.807, 2.05) is 0 Å². The minimum absolute atomic E-state index is 0.175. The molecule has 3 rings (SSSR count). The first kappa shape index (κ1) is 19.9. The van der Waals surface area contributed by atoms with Gasteiger partial charge in [0, 0.05) is 18.2 Å². The van der Waals surface area contributed by atoms with Crippen LogP contribution >= 0.6 is 0 Å². The summed E-state index contributed by atoms with van der Waals surface area (Å²) in [5, 5.41) is 5.95. The van der Waals surface area contributed by atoms with Gasteiger partial charge in [-0.15, -0.1) is 0 Å². The highest BCUT2D eigenvalue weighted by atomic mass is 32.2. The van der Waals surface area contributed by atoms with Crippen molar-refractivity contribution in [3.8, 4) is 0 Å². The second-order valence-electron chi connectivity index (χ2n) is 7.64. The van der Waals surface area contributed by atoms with Crippen LogP contribution in [0.15, 0.2) is 46.1 Å². The average molecular weight is 392 g/mol. The van der Waals surface area contributed by atoms with Gasteiger partial charge in [-0.1, -0.05) is 12.1 Å². The summed E-state index contributed by atoms with van der Waals surface area (Å²) in [7, 11) is -3.41. The SMILES string of the molecule is CC(C)S(=O)(=O)c1ccccc1NC1=CC=NC(N)(C2CCC(N)CC2)N1. The summed E-state index contributed by atoms with van der Waals surface area (Å²) in [6.07, 6.45) is 7.12. The van der Waals surface area contributed by atoms with Gasteiger partial charge >= 0.3 is 0 Å². The summed E-state index contributed by atoms with van der Waals surface area (Å²) < 4.78 is 25.3. The number of nitrogens with two attached hydrogens (primary N) is 2. The Kier molecular flexibility index (Phi) is 5.60. The zero-order valence-electron chi connectivity index (χ0n) is 15.9. The molecule has 7 nitrogen and oxygen atoms in total. The second kappa shape index (κ2) is 7.61. The van der Waals surface area contributed by atoms with Crippen LogP contribution in [-0.4, -0.2) is 31.7 Å². The fourth-order valence-electron chi connectivity index (χ4n) is 3.58. The van der Waals surface area contributed by atoms with E-state index >= 15 is 0 Å². The summed E-state index contributed by atoms with van der Waals surface area (Å²) in [6.45, 7) is 3.35. The highest BCUT2D eigenvalue weighted by molar-refractivity contribution is 7.92. The van der Waals surface area contributed by atoms with Gasteiger partial charge < -0.3 is 16.4 Å². The van der Waals surface area contributed by atoms with Crippen LogP contribution in [0.1, 0.15) is 39.5 Å². The standard InChI is InChI=1S/C19H29N5O2S/c1-13(2)27(25,26)17-6-4-3-5-16(17)23-18-11-12-22-19(21,24-18)14-7-9-15(20)10-8-14/h3-6,11-15,23-24H,7-10,20-21H2,1-2H3. The van der Waals surface area contributed by atoms with Crippen molar-refractivity contribution in [1.82, 2.24) is 5.32 Å². The van der Waals surface area contributed by atoms with Crippen LogP contribution in [0.25, 0.3) is 0 Å². The lowest BCUT2D eigenvalue weighted by Crippen LogP contribution is -2.60. The molecule has 2 aliphatic rings. The molecule has 27 heavy (non-hydrogen) atoms. The van der Waals surface area contributed by atoms with Crippen LogP contribution in [-0.2, 0) is 9.84 Å². The predicted octanol–water partition coefficient (Wildman–Crippen LogP) is 1.93. The molecule has 0 bridgehead atoms. The molecular formula is C19H29N5O2S. The first-order valence-electron chi connectivity index (χ1n) is 9.40. The fourth-order valence-corrected chi connectivity index (χ4v) is 4.78. The number of para-hydroxylation sites is 1. The Morgan fingerprint density at radius 2 is 1.89 bits per heavy atom. The molecule has 0 saturated heterocycles. The molecule has 0 amide bonds. The van der Waals surface area contributed by atoms with E-state index in [0.717, 1.165) is 25.7 Å². The van der Waals surface area contributed by atoms with Crippen LogP contribution < -0.4 is 22.1 Å². The van der Waals surface area contributed by atoms with Gasteiger partial charge in [0.05, 0.1) is 15.8 Å². The van der Waals surface area contributed by atoms with Gasteiger partial charge in [0.2, 0.25) is 0 Å². The average Bonchev–Trinajstić information content (AvgIpc) is 2.62. The summed E-state index contributed by atoms with van der Waals surface area (Å²) in [6, 6.07) is 7.13. The Hall–Kier alpha value is -1.90. The number of allylic oxidation sites excluding steroid dienone is 1. The van der Waals surface area contributed by atoms with E-state index < -0.39 is 20.9 Å². The van der Waals surface area contributed by atoms with Gasteiger partial charge in [-0.2, -0.15) is 0 Å². The number of hydrogen-bond donors (Lipinski definition) is 4. The molecule has 148 valence electrons. The zero-order valence-corrected chi connectivity index (χ0v) is 16.7. The quantitative estimate of drug-likeness (QED) is 0.608. The Labute approximate surface area is 161 Å². The number of sulfone groups is 1. The van der Waals surface area contributed by atoms with E-state index in [0.29, 0.717) is 11.5 Å². The number of aliphatic imine (C=N–C) groups is 1. The third-order valence-corrected chi connectivity index (χ3v) is 7.55. The molecule has 1 unspecified atom stereocenters. The van der Waals surface area contributed by atoms with E-state index in [4.69, 9.17) is 11.5 Å². The number of nitrogens with zero attached hydrogens (tertiary/aromatic N) is 1. The van der Waals surface area contributed by atoms with Gasteiger partial charge in [0.1, 0.15) is 5.82 Å². The smallest absolute Gasteiger partial charge is 0.186 e. The van der Waals surface area contributed by atoms with Gasteiger partial charge in [-0.05, 0) is 57.7 Å². The molecule has 1 fully saturated rings. The topological polar surface area (TPSA) is 123 Å². The Morgan fingerprint density at radius 1 is 1.22 bits per heavy atom. The van der Waals surface area contributed by atoms with Crippen molar-refractivity contribution in [2.24, 2.45) is 22.4 Å². The molecule has 0 radical (unpaired) electrons. The monoisotopic (exact) mass is 391 g/mol. The van der Waals surface area contributed by atoms with Crippen molar-refractivity contribution in [2.45, 2.75) is 61.5 Å². The molecule has 1 saturated carbocycles. The van der Waals surface area contributed by atoms with E-state index in [1.165, 1.54) is 0 Å². The molecule has 1 atom stereocenters. The zero-order chi connectivity index (χ0) is 19.7. The lowest BCUT2D eigenvalue weighted by molar-refractivity contribution is 0.176. The Morgan fingerprint density at radius 3 is 2.56 bits per heavy atom. The molecule has 8 heteroatoms. The largest absolute Gasteiger partial charge is 0.341 e. The maximum absolute atomic E-state index is 12.7. The van der Waals surface area contributed by atoms with Crippen LogP contribution in [0.2, 0.25) is 0 Å². The summed E-state index contributed by atoms with van der Waals surface area (Å²) >= 11 is 0. The van der Waals surface area contributed by atoms with Crippen LogP contribution in [0, 0.1) is 5.92 Å². The molecule has 6 N–H and O–H groups in total. The minimum atomic E-state index is -3.41. The molecule has 0 spiro atoms. The number of hydrogen-bond acceptors (Lipinski definition) is 7. The van der Waals surface area contributed by atoms with Crippen molar-refractivity contribution >= 4 is 21.7 Å². The van der Waals surface area contributed by atoms with Crippen molar-refractivity contribution in [3.63, 3.8) is 0 Å². The van der Waals surface area contributed by atoms with E-state index in [9.17, 15) is 8.42 Å². The Balaban J connectivity index is 1.80. The van der Waals surface area contributed by atoms with Gasteiger partial charge in [-0.3, -0.25) is 10.7 Å². The maximum atomic E-state index is 12.7. The maximum Gasteiger partial charge on any atom is 0.186 e. The van der Waals surface area contributed by atoms with Crippen molar-refractivity contribution in [2.75, 3.05) is 5.32 Å². The third kappa shape index (κ3) is 4.17. The lowest BCUT2D eigenvalue weighted by Gasteiger charge is -2.40.